The van der Waals surface area contributed by atoms with Crippen LogP contribution in [-0.2, 0) is 20.8 Å². The number of fused-ring (bicyclic) bond motifs is 2. The predicted octanol–water partition coefficient (Wildman–Crippen LogP) is 6.24. The molecule has 2 fully saturated rings. The molecule has 2 atom stereocenters. The summed E-state index contributed by atoms with van der Waals surface area (Å²) < 4.78 is 23.5. The zero-order chi connectivity index (χ0) is 30.2. The molecule has 3 aliphatic heterocycles. The van der Waals surface area contributed by atoms with Gasteiger partial charge in [-0.2, -0.15) is 0 Å². The van der Waals surface area contributed by atoms with Crippen molar-refractivity contribution in [2.24, 2.45) is 5.92 Å². The van der Waals surface area contributed by atoms with E-state index >= 15 is 0 Å². The lowest BCUT2D eigenvalue weighted by Gasteiger charge is -2.38. The fraction of sp³-hybridized carbons (Fsp3) is 0.594. The highest BCUT2D eigenvalue weighted by atomic mass is 16.6. The van der Waals surface area contributed by atoms with E-state index in [9.17, 15) is 9.59 Å². The van der Waals surface area contributed by atoms with Crippen LogP contribution in [0.25, 0.3) is 0 Å². The molecule has 4 heterocycles. The average Bonchev–Trinajstić information content (AvgIpc) is 3.08. The van der Waals surface area contributed by atoms with Gasteiger partial charge in [-0.3, -0.25) is 0 Å². The van der Waals surface area contributed by atoms with Crippen molar-refractivity contribution in [2.45, 2.75) is 78.6 Å². The topological polar surface area (TPSA) is 93.7 Å². The summed E-state index contributed by atoms with van der Waals surface area (Å²) in [5.41, 5.74) is 2.26. The van der Waals surface area contributed by atoms with Gasteiger partial charge in [-0.15, -0.1) is 0 Å². The van der Waals surface area contributed by atoms with Crippen molar-refractivity contribution in [3.8, 4) is 5.75 Å². The Balaban J connectivity index is 1.49. The number of morpholine rings is 1. The normalized spacial score (nSPS) is 21.1. The third kappa shape index (κ3) is 6.59. The standard InChI is InChI=1S/C32H44N4O6/c1-21-19-35(29(37)41-31(2,3)4)13-11-23(21)22-8-9-27-26(18-22)36(30(38)42-32(5,6)7)28-24(20-40-27)25(10-12-33-28)34-14-16-39-17-15-34/h8-10,12,18,21,23H,11,13-17,19-20H2,1-7H3. The molecule has 2 saturated heterocycles. The van der Waals surface area contributed by atoms with Gasteiger partial charge in [0, 0.05) is 38.1 Å². The number of benzene rings is 1. The number of piperidine rings is 1. The number of likely N-dealkylation sites (tertiary alicyclic amines) is 1. The van der Waals surface area contributed by atoms with E-state index in [1.54, 1.807) is 16.0 Å². The number of pyridine rings is 1. The van der Waals surface area contributed by atoms with Gasteiger partial charge in [-0.25, -0.2) is 19.5 Å². The van der Waals surface area contributed by atoms with Gasteiger partial charge in [-0.05, 0) is 83.6 Å². The lowest BCUT2D eigenvalue weighted by molar-refractivity contribution is 0.0155. The number of anilines is 3. The average molecular weight is 581 g/mol. The molecule has 0 radical (unpaired) electrons. The second-order valence-corrected chi connectivity index (χ2v) is 13.4. The summed E-state index contributed by atoms with van der Waals surface area (Å²) in [7, 11) is 0. The highest BCUT2D eigenvalue weighted by Gasteiger charge is 2.36. The van der Waals surface area contributed by atoms with Crippen molar-refractivity contribution in [3.63, 3.8) is 0 Å². The van der Waals surface area contributed by atoms with Crippen LogP contribution in [0.3, 0.4) is 0 Å². The van der Waals surface area contributed by atoms with E-state index in [1.165, 1.54) is 0 Å². The number of ether oxygens (including phenoxy) is 4. The summed E-state index contributed by atoms with van der Waals surface area (Å²) in [6.07, 6.45) is 1.73. The molecule has 1 aromatic heterocycles. The Morgan fingerprint density at radius 3 is 2.29 bits per heavy atom. The Morgan fingerprint density at radius 1 is 0.929 bits per heavy atom. The lowest BCUT2D eigenvalue weighted by Crippen LogP contribution is -2.44. The maximum absolute atomic E-state index is 13.9. The molecule has 10 heteroatoms. The first-order chi connectivity index (χ1) is 19.8. The molecule has 10 nitrogen and oxygen atoms in total. The van der Waals surface area contributed by atoms with E-state index < -0.39 is 17.3 Å². The Kier molecular flexibility index (Phi) is 8.29. The Morgan fingerprint density at radius 2 is 1.62 bits per heavy atom. The second kappa shape index (κ2) is 11.6. The van der Waals surface area contributed by atoms with Gasteiger partial charge < -0.3 is 28.7 Å². The minimum Gasteiger partial charge on any atom is -0.486 e. The molecule has 42 heavy (non-hydrogen) atoms. The minimum absolute atomic E-state index is 0.185. The fourth-order valence-corrected chi connectivity index (χ4v) is 5.85. The molecule has 228 valence electrons. The molecule has 0 N–H and O–H groups in total. The van der Waals surface area contributed by atoms with E-state index in [-0.39, 0.29) is 24.5 Å². The smallest absolute Gasteiger partial charge is 0.420 e. The van der Waals surface area contributed by atoms with E-state index in [1.807, 2.05) is 59.7 Å². The molecule has 2 amide bonds. The van der Waals surface area contributed by atoms with Gasteiger partial charge in [0.15, 0.2) is 5.82 Å². The van der Waals surface area contributed by atoms with Crippen molar-refractivity contribution in [1.82, 2.24) is 9.88 Å². The summed E-state index contributed by atoms with van der Waals surface area (Å²) in [4.78, 5) is 36.9. The van der Waals surface area contributed by atoms with Crippen LogP contribution in [0.2, 0.25) is 0 Å². The van der Waals surface area contributed by atoms with Crippen LogP contribution in [-0.4, -0.2) is 72.7 Å². The van der Waals surface area contributed by atoms with Gasteiger partial charge >= 0.3 is 12.2 Å². The summed E-state index contributed by atoms with van der Waals surface area (Å²) >= 11 is 0. The van der Waals surface area contributed by atoms with E-state index in [4.69, 9.17) is 23.9 Å². The van der Waals surface area contributed by atoms with Crippen LogP contribution in [0, 0.1) is 5.92 Å². The molecule has 3 aliphatic rings. The second-order valence-electron chi connectivity index (χ2n) is 13.4. The minimum atomic E-state index is -0.701. The molecule has 1 aromatic carbocycles. The number of aromatic nitrogens is 1. The molecule has 0 saturated carbocycles. The van der Waals surface area contributed by atoms with Crippen LogP contribution in [0.4, 0.5) is 26.8 Å². The van der Waals surface area contributed by atoms with Crippen LogP contribution in [0.1, 0.15) is 71.9 Å². The monoisotopic (exact) mass is 580 g/mol. The van der Waals surface area contributed by atoms with Crippen molar-refractivity contribution >= 4 is 29.4 Å². The number of nitrogens with zero attached hydrogens (tertiary/aromatic N) is 4. The number of hydrogen-bond acceptors (Lipinski definition) is 8. The number of carbonyl (C=O) groups excluding carboxylic acids is 2. The third-order valence-corrected chi connectivity index (χ3v) is 7.73. The summed E-state index contributed by atoms with van der Waals surface area (Å²) in [5.74, 6) is 1.47. The van der Waals surface area contributed by atoms with Gasteiger partial charge in [0.2, 0.25) is 0 Å². The Bertz CT molecular complexity index is 1310. The van der Waals surface area contributed by atoms with Crippen molar-refractivity contribution in [3.05, 3.63) is 41.6 Å². The largest absolute Gasteiger partial charge is 0.486 e. The predicted molar refractivity (Wildman–Crippen MR) is 161 cm³/mol. The van der Waals surface area contributed by atoms with Crippen molar-refractivity contribution < 1.29 is 28.5 Å². The lowest BCUT2D eigenvalue weighted by atomic mass is 9.81. The van der Waals surface area contributed by atoms with Crippen LogP contribution >= 0.6 is 0 Å². The number of rotatable bonds is 2. The number of amides is 2. The molecular formula is C32H44N4O6. The number of hydrogen-bond donors (Lipinski definition) is 0. The van der Waals surface area contributed by atoms with Crippen molar-refractivity contribution in [1.29, 1.82) is 0 Å². The van der Waals surface area contributed by atoms with Crippen LogP contribution in [0.5, 0.6) is 5.75 Å². The van der Waals surface area contributed by atoms with Crippen LogP contribution < -0.4 is 14.5 Å². The quantitative estimate of drug-likeness (QED) is 0.412. The number of carbonyl (C=O) groups is 2. The molecule has 0 aliphatic carbocycles. The first-order valence-corrected chi connectivity index (χ1v) is 14.9. The molecular weight excluding hydrogens is 536 g/mol. The maximum Gasteiger partial charge on any atom is 0.420 e. The Labute approximate surface area is 248 Å². The van der Waals surface area contributed by atoms with E-state index in [2.05, 4.69) is 17.9 Å². The summed E-state index contributed by atoms with van der Waals surface area (Å²) in [5, 5.41) is 0. The molecule has 0 spiro atoms. The van der Waals surface area contributed by atoms with Gasteiger partial charge in [-0.1, -0.05) is 13.0 Å². The molecule has 2 unspecified atom stereocenters. The van der Waals surface area contributed by atoms with Gasteiger partial charge in [0.1, 0.15) is 23.6 Å². The molecule has 5 rings (SSSR count). The fourth-order valence-electron chi connectivity index (χ4n) is 5.85. The maximum atomic E-state index is 13.9. The van der Waals surface area contributed by atoms with Gasteiger partial charge in [0.05, 0.1) is 24.5 Å². The van der Waals surface area contributed by atoms with E-state index in [0.29, 0.717) is 43.6 Å². The highest BCUT2D eigenvalue weighted by Crippen LogP contribution is 2.45. The molecule has 0 bridgehead atoms. The van der Waals surface area contributed by atoms with E-state index in [0.717, 1.165) is 36.3 Å². The molecule has 2 aromatic rings. The van der Waals surface area contributed by atoms with Gasteiger partial charge in [0.25, 0.3) is 0 Å². The van der Waals surface area contributed by atoms with Crippen LogP contribution in [0.15, 0.2) is 30.5 Å². The zero-order valence-electron chi connectivity index (χ0n) is 25.9. The first kappa shape index (κ1) is 29.9. The summed E-state index contributed by atoms with van der Waals surface area (Å²) in [6.45, 7) is 17.6. The zero-order valence-corrected chi connectivity index (χ0v) is 25.9. The SMILES string of the molecule is CC1CN(C(=O)OC(C)(C)C)CCC1c1ccc2c(c1)N(C(=O)OC(C)(C)C)c1nccc(N3CCOCC3)c1CO2. The third-order valence-electron chi connectivity index (χ3n) is 7.73. The first-order valence-electron chi connectivity index (χ1n) is 14.9. The summed E-state index contributed by atoms with van der Waals surface area (Å²) in [6, 6.07) is 8.02. The van der Waals surface area contributed by atoms with Crippen molar-refractivity contribution in [2.75, 3.05) is 49.2 Å². The highest BCUT2D eigenvalue weighted by molar-refractivity contribution is 5.99. The Hall–Kier alpha value is -3.53.